The number of carbonyl (C=O) groups is 1. The molecule has 0 radical (unpaired) electrons. The molecule has 0 unspecified atom stereocenters. The molecule has 0 amide bonds. The Morgan fingerprint density at radius 3 is 2.50 bits per heavy atom. The predicted octanol–water partition coefficient (Wildman–Crippen LogP) is 2.45. The molecule has 3 nitrogen and oxygen atoms in total. The first-order chi connectivity index (χ1) is 6.79. The van der Waals surface area contributed by atoms with E-state index >= 15 is 0 Å². The van der Waals surface area contributed by atoms with E-state index in [0.717, 1.165) is 16.6 Å². The van der Waals surface area contributed by atoms with Crippen LogP contribution in [-0.4, -0.2) is 15.8 Å². The van der Waals surface area contributed by atoms with Crippen molar-refractivity contribution >= 4 is 22.2 Å². The van der Waals surface area contributed by atoms with Crippen molar-refractivity contribution in [1.29, 1.82) is 0 Å². The van der Waals surface area contributed by atoms with Crippen LogP contribution in [-0.2, 0) is 0 Å². The van der Waals surface area contributed by atoms with E-state index in [4.69, 9.17) is 0 Å². The fraction of sp³-hybridized carbons (Fsp3) is 0. The number of nitrogens with zero attached hydrogens (tertiary/aromatic N) is 2. The van der Waals surface area contributed by atoms with Gasteiger partial charge in [-0.05, 0) is 40.2 Å². The molecule has 0 atom stereocenters. The zero-order valence-corrected chi connectivity index (χ0v) is 8.81. The van der Waals surface area contributed by atoms with Crippen molar-refractivity contribution in [2.24, 2.45) is 0 Å². The van der Waals surface area contributed by atoms with Gasteiger partial charge in [-0.15, -0.1) is 0 Å². The Kier molecular flexibility index (Phi) is 2.45. The second-order valence-electron chi connectivity index (χ2n) is 2.81. The molecule has 0 N–H and O–H groups in total. The van der Waals surface area contributed by atoms with E-state index in [2.05, 4.69) is 20.9 Å². The third-order valence-electron chi connectivity index (χ3n) is 1.88. The summed E-state index contributed by atoms with van der Waals surface area (Å²) < 4.78 is 2.66. The lowest BCUT2D eigenvalue weighted by atomic mass is 10.2. The van der Waals surface area contributed by atoms with Gasteiger partial charge in [-0.25, -0.2) is 4.98 Å². The highest BCUT2D eigenvalue weighted by Crippen LogP contribution is 2.12. The van der Waals surface area contributed by atoms with Gasteiger partial charge in [0.2, 0.25) is 0 Å². The molecule has 0 saturated heterocycles. The van der Waals surface area contributed by atoms with Crippen LogP contribution in [0.5, 0.6) is 0 Å². The van der Waals surface area contributed by atoms with E-state index in [1.807, 2.05) is 22.9 Å². The van der Waals surface area contributed by atoms with Gasteiger partial charge in [-0.2, -0.15) is 0 Å². The number of aldehydes is 1. The van der Waals surface area contributed by atoms with Gasteiger partial charge in [-0.1, -0.05) is 0 Å². The van der Waals surface area contributed by atoms with Gasteiger partial charge in [0, 0.05) is 17.4 Å². The highest BCUT2D eigenvalue weighted by molar-refractivity contribution is 9.10. The highest BCUT2D eigenvalue weighted by Gasteiger charge is 1.97. The van der Waals surface area contributed by atoms with Crippen molar-refractivity contribution in [3.05, 3.63) is 47.0 Å². The Hall–Kier alpha value is -1.42. The third-order valence-corrected chi connectivity index (χ3v) is 2.29. The van der Waals surface area contributed by atoms with Crippen molar-refractivity contribution in [1.82, 2.24) is 9.55 Å². The molecule has 4 heteroatoms. The maximum absolute atomic E-state index is 10.4. The first-order valence-electron chi connectivity index (χ1n) is 4.05. The Morgan fingerprint density at radius 2 is 2.00 bits per heavy atom. The second-order valence-corrected chi connectivity index (χ2v) is 3.63. The molecule has 1 aromatic carbocycles. The van der Waals surface area contributed by atoms with Crippen LogP contribution in [0.1, 0.15) is 10.4 Å². The summed E-state index contributed by atoms with van der Waals surface area (Å²) in [5.74, 6) is 0. The van der Waals surface area contributed by atoms with Crippen LogP contribution < -0.4 is 0 Å². The number of aromatic nitrogens is 2. The minimum absolute atomic E-state index is 0.674. The fourth-order valence-electron chi connectivity index (χ4n) is 1.17. The lowest BCUT2D eigenvalue weighted by Crippen LogP contribution is -1.89. The van der Waals surface area contributed by atoms with Gasteiger partial charge in [0.1, 0.15) is 17.2 Å². The van der Waals surface area contributed by atoms with E-state index in [1.165, 1.54) is 0 Å². The average molecular weight is 251 g/mol. The van der Waals surface area contributed by atoms with Gasteiger partial charge in [0.05, 0.1) is 0 Å². The lowest BCUT2D eigenvalue weighted by molar-refractivity contribution is 0.112. The summed E-state index contributed by atoms with van der Waals surface area (Å²) in [6.07, 6.45) is 4.39. The predicted molar refractivity (Wildman–Crippen MR) is 56.7 cm³/mol. The average Bonchev–Trinajstić information content (AvgIpc) is 2.65. The fourth-order valence-corrected chi connectivity index (χ4v) is 1.48. The topological polar surface area (TPSA) is 34.9 Å². The van der Waals surface area contributed by atoms with Gasteiger partial charge in [0.25, 0.3) is 0 Å². The summed E-state index contributed by atoms with van der Waals surface area (Å²) in [7, 11) is 0. The molecular weight excluding hydrogens is 244 g/mol. The molecule has 0 aliphatic rings. The number of halogens is 1. The SMILES string of the molecule is O=Cc1ccc(-n2cnc(Br)c2)cc1. The quantitative estimate of drug-likeness (QED) is 0.768. The number of hydrogen-bond donors (Lipinski definition) is 0. The van der Waals surface area contributed by atoms with Crippen LogP contribution in [0.3, 0.4) is 0 Å². The Balaban J connectivity index is 2.38. The first kappa shape index (κ1) is 9.15. The largest absolute Gasteiger partial charge is 0.305 e. The molecule has 70 valence electrons. The van der Waals surface area contributed by atoms with E-state index in [-0.39, 0.29) is 0 Å². The summed E-state index contributed by atoms with van der Waals surface area (Å²) in [6, 6.07) is 7.29. The molecule has 14 heavy (non-hydrogen) atoms. The van der Waals surface area contributed by atoms with E-state index in [0.29, 0.717) is 5.56 Å². The van der Waals surface area contributed by atoms with Crippen LogP contribution in [0.2, 0.25) is 0 Å². The molecule has 0 fully saturated rings. The van der Waals surface area contributed by atoms with Gasteiger partial charge >= 0.3 is 0 Å². The Morgan fingerprint density at radius 1 is 1.29 bits per heavy atom. The maximum atomic E-state index is 10.4. The van der Waals surface area contributed by atoms with Crippen molar-refractivity contribution in [2.45, 2.75) is 0 Å². The summed E-state index contributed by atoms with van der Waals surface area (Å²) >= 11 is 3.27. The molecular formula is C10H7BrN2O. The molecule has 2 rings (SSSR count). The monoisotopic (exact) mass is 250 g/mol. The van der Waals surface area contributed by atoms with Gasteiger partial charge < -0.3 is 4.57 Å². The van der Waals surface area contributed by atoms with E-state index in [9.17, 15) is 4.79 Å². The second kappa shape index (κ2) is 3.75. The van der Waals surface area contributed by atoms with Crippen molar-refractivity contribution in [2.75, 3.05) is 0 Å². The molecule has 0 aliphatic heterocycles. The third kappa shape index (κ3) is 1.75. The molecule has 2 aromatic rings. The van der Waals surface area contributed by atoms with E-state index < -0.39 is 0 Å². The number of hydrogen-bond acceptors (Lipinski definition) is 2. The van der Waals surface area contributed by atoms with Crippen molar-refractivity contribution in [3.8, 4) is 5.69 Å². The van der Waals surface area contributed by atoms with Crippen LogP contribution in [0.4, 0.5) is 0 Å². The minimum atomic E-state index is 0.674. The molecule has 0 aliphatic carbocycles. The van der Waals surface area contributed by atoms with Gasteiger partial charge in [0.15, 0.2) is 0 Å². The Bertz CT molecular complexity index is 447. The summed E-state index contributed by atoms with van der Waals surface area (Å²) in [5.41, 5.74) is 1.65. The van der Waals surface area contributed by atoms with E-state index in [1.54, 1.807) is 18.5 Å². The summed E-state index contributed by atoms with van der Waals surface area (Å²) in [5, 5.41) is 0. The first-order valence-corrected chi connectivity index (χ1v) is 4.84. The smallest absolute Gasteiger partial charge is 0.150 e. The minimum Gasteiger partial charge on any atom is -0.305 e. The van der Waals surface area contributed by atoms with Crippen molar-refractivity contribution in [3.63, 3.8) is 0 Å². The molecule has 1 aromatic heterocycles. The summed E-state index contributed by atoms with van der Waals surface area (Å²) in [4.78, 5) is 14.5. The normalized spacial score (nSPS) is 10.1. The molecule has 0 saturated carbocycles. The van der Waals surface area contributed by atoms with Crippen LogP contribution >= 0.6 is 15.9 Å². The maximum Gasteiger partial charge on any atom is 0.150 e. The standard InChI is InChI=1S/C10H7BrN2O/c11-10-5-13(7-12-10)9-3-1-8(6-14)2-4-9/h1-7H. The van der Waals surface area contributed by atoms with Gasteiger partial charge in [-0.3, -0.25) is 4.79 Å². The molecule has 1 heterocycles. The Labute approximate surface area is 89.5 Å². The lowest BCUT2D eigenvalue weighted by Gasteiger charge is -2.00. The number of imidazole rings is 1. The van der Waals surface area contributed by atoms with Crippen LogP contribution in [0.15, 0.2) is 41.4 Å². The van der Waals surface area contributed by atoms with Crippen LogP contribution in [0.25, 0.3) is 5.69 Å². The zero-order chi connectivity index (χ0) is 9.97. The zero-order valence-electron chi connectivity index (χ0n) is 7.22. The number of benzene rings is 1. The summed E-state index contributed by atoms with van der Waals surface area (Å²) in [6.45, 7) is 0. The molecule has 0 spiro atoms. The number of rotatable bonds is 2. The van der Waals surface area contributed by atoms with Crippen LogP contribution in [0, 0.1) is 0 Å². The number of carbonyl (C=O) groups excluding carboxylic acids is 1. The van der Waals surface area contributed by atoms with Crippen molar-refractivity contribution < 1.29 is 4.79 Å². The highest BCUT2D eigenvalue weighted by atomic mass is 79.9. The molecule has 0 bridgehead atoms.